The van der Waals surface area contributed by atoms with Crippen LogP contribution in [0.4, 0.5) is 0 Å². The minimum atomic E-state index is -0.311. The first-order valence-electron chi connectivity index (χ1n) is 5.72. The van der Waals surface area contributed by atoms with Crippen LogP contribution in [0, 0.1) is 0 Å². The van der Waals surface area contributed by atoms with Crippen LogP contribution in [0.5, 0.6) is 17.2 Å². The molecule has 1 rings (SSSR count). The van der Waals surface area contributed by atoms with Crippen molar-refractivity contribution < 1.29 is 23.7 Å². The van der Waals surface area contributed by atoms with Crippen LogP contribution in [-0.2, 0) is 9.53 Å². The third-order valence-electron chi connectivity index (χ3n) is 2.38. The molecule has 0 heterocycles. The van der Waals surface area contributed by atoms with Crippen LogP contribution in [0.2, 0.25) is 0 Å². The maximum absolute atomic E-state index is 10.6. The Kier molecular flexibility index (Phi) is 5.73. The molecule has 104 valence electrons. The molecular formula is C14H18O5. The topological polar surface area (TPSA) is 54.0 Å². The first-order chi connectivity index (χ1) is 9.12. The molecule has 0 fully saturated rings. The van der Waals surface area contributed by atoms with Crippen LogP contribution in [0.25, 0.3) is 6.08 Å². The molecule has 0 bridgehead atoms. The van der Waals surface area contributed by atoms with Crippen molar-refractivity contribution in [1.29, 1.82) is 0 Å². The Morgan fingerprint density at radius 3 is 2.11 bits per heavy atom. The van der Waals surface area contributed by atoms with E-state index in [1.807, 2.05) is 18.2 Å². The van der Waals surface area contributed by atoms with E-state index in [1.165, 1.54) is 6.92 Å². The summed E-state index contributed by atoms with van der Waals surface area (Å²) in [5, 5.41) is 0. The first kappa shape index (κ1) is 14.9. The molecule has 1 aromatic rings. The molecule has 1 aromatic carbocycles. The summed E-state index contributed by atoms with van der Waals surface area (Å²) in [6, 6.07) is 3.62. The van der Waals surface area contributed by atoms with E-state index in [4.69, 9.17) is 18.9 Å². The predicted molar refractivity (Wildman–Crippen MR) is 71.8 cm³/mol. The number of hydrogen-bond acceptors (Lipinski definition) is 5. The van der Waals surface area contributed by atoms with E-state index in [2.05, 4.69) is 0 Å². The second kappa shape index (κ2) is 7.31. The molecule has 0 spiro atoms. The maximum atomic E-state index is 10.6. The number of carbonyl (C=O) groups excluding carboxylic acids is 1. The Labute approximate surface area is 112 Å². The van der Waals surface area contributed by atoms with E-state index < -0.39 is 0 Å². The van der Waals surface area contributed by atoms with Gasteiger partial charge in [0.2, 0.25) is 5.75 Å². The van der Waals surface area contributed by atoms with Gasteiger partial charge in [0.1, 0.15) is 6.61 Å². The standard InChI is InChI=1S/C14H18O5/c1-10(15)19-7-5-6-11-8-12(16-2)14(18-4)13(9-11)17-3/h5-6,8-9H,7H2,1-4H3/b6-5+. The Balaban J connectivity index is 2.93. The van der Waals surface area contributed by atoms with Crippen molar-refractivity contribution >= 4 is 12.0 Å². The van der Waals surface area contributed by atoms with Crippen molar-refractivity contribution in [3.8, 4) is 17.2 Å². The Hall–Kier alpha value is -2.17. The van der Waals surface area contributed by atoms with Crippen molar-refractivity contribution in [1.82, 2.24) is 0 Å². The van der Waals surface area contributed by atoms with E-state index in [0.29, 0.717) is 17.2 Å². The molecule has 5 nitrogen and oxygen atoms in total. The van der Waals surface area contributed by atoms with Crippen molar-refractivity contribution in [2.24, 2.45) is 0 Å². The molecule has 0 radical (unpaired) electrons. The predicted octanol–water partition coefficient (Wildman–Crippen LogP) is 2.29. The van der Waals surface area contributed by atoms with Gasteiger partial charge in [-0.05, 0) is 23.8 Å². The SMILES string of the molecule is COc1cc(/C=C/COC(C)=O)cc(OC)c1OC. The molecule has 0 aromatic heterocycles. The van der Waals surface area contributed by atoms with E-state index in [9.17, 15) is 4.79 Å². The van der Waals surface area contributed by atoms with Gasteiger partial charge in [-0.3, -0.25) is 4.79 Å². The highest BCUT2D eigenvalue weighted by atomic mass is 16.5. The fraction of sp³-hybridized carbons (Fsp3) is 0.357. The van der Waals surface area contributed by atoms with Crippen molar-refractivity contribution in [2.75, 3.05) is 27.9 Å². The van der Waals surface area contributed by atoms with Gasteiger partial charge in [-0.1, -0.05) is 6.08 Å². The third-order valence-corrected chi connectivity index (χ3v) is 2.38. The number of ether oxygens (including phenoxy) is 4. The molecule has 0 saturated carbocycles. The van der Waals surface area contributed by atoms with Gasteiger partial charge >= 0.3 is 5.97 Å². The van der Waals surface area contributed by atoms with Gasteiger partial charge in [0.15, 0.2) is 11.5 Å². The Bertz CT molecular complexity index is 440. The zero-order chi connectivity index (χ0) is 14.3. The van der Waals surface area contributed by atoms with Crippen LogP contribution >= 0.6 is 0 Å². The quantitative estimate of drug-likeness (QED) is 0.739. The summed E-state index contributed by atoms with van der Waals surface area (Å²) < 4.78 is 20.5. The molecule has 0 amide bonds. The highest BCUT2D eigenvalue weighted by Crippen LogP contribution is 2.38. The minimum absolute atomic E-state index is 0.228. The maximum Gasteiger partial charge on any atom is 0.302 e. The summed E-state index contributed by atoms with van der Waals surface area (Å²) in [5.41, 5.74) is 0.863. The lowest BCUT2D eigenvalue weighted by Crippen LogP contribution is -1.97. The smallest absolute Gasteiger partial charge is 0.302 e. The average molecular weight is 266 g/mol. The number of benzene rings is 1. The number of esters is 1. The summed E-state index contributed by atoms with van der Waals surface area (Å²) in [6.07, 6.45) is 3.55. The number of rotatable bonds is 6. The zero-order valence-corrected chi connectivity index (χ0v) is 11.6. The lowest BCUT2D eigenvalue weighted by molar-refractivity contribution is -0.139. The van der Waals surface area contributed by atoms with E-state index >= 15 is 0 Å². The van der Waals surface area contributed by atoms with Crippen molar-refractivity contribution in [2.45, 2.75) is 6.92 Å². The highest BCUT2D eigenvalue weighted by Gasteiger charge is 2.11. The van der Waals surface area contributed by atoms with Gasteiger partial charge in [0, 0.05) is 6.92 Å². The summed E-state index contributed by atoms with van der Waals surface area (Å²) in [7, 11) is 4.67. The van der Waals surface area contributed by atoms with Crippen molar-refractivity contribution in [3.05, 3.63) is 23.8 Å². The van der Waals surface area contributed by atoms with Crippen LogP contribution in [-0.4, -0.2) is 33.9 Å². The molecule has 5 heteroatoms. The summed E-state index contributed by atoms with van der Waals surface area (Å²) in [5.74, 6) is 1.39. The van der Waals surface area contributed by atoms with Gasteiger partial charge in [-0.2, -0.15) is 0 Å². The molecule has 0 atom stereocenters. The zero-order valence-electron chi connectivity index (χ0n) is 11.6. The number of methoxy groups -OCH3 is 3. The average Bonchev–Trinajstić information content (AvgIpc) is 2.42. The fourth-order valence-electron chi connectivity index (χ4n) is 1.55. The molecule has 0 aliphatic heterocycles. The van der Waals surface area contributed by atoms with Crippen LogP contribution in [0.3, 0.4) is 0 Å². The molecule has 0 saturated heterocycles. The van der Waals surface area contributed by atoms with Crippen LogP contribution < -0.4 is 14.2 Å². The largest absolute Gasteiger partial charge is 0.493 e. The summed E-state index contributed by atoms with van der Waals surface area (Å²) >= 11 is 0. The second-order valence-electron chi connectivity index (χ2n) is 3.66. The molecule has 0 N–H and O–H groups in total. The molecular weight excluding hydrogens is 248 g/mol. The minimum Gasteiger partial charge on any atom is -0.493 e. The van der Waals surface area contributed by atoms with E-state index in [-0.39, 0.29) is 12.6 Å². The lowest BCUT2D eigenvalue weighted by atomic mass is 10.1. The first-order valence-corrected chi connectivity index (χ1v) is 5.72. The molecule has 0 aliphatic carbocycles. The monoisotopic (exact) mass is 266 g/mol. The molecule has 19 heavy (non-hydrogen) atoms. The Morgan fingerprint density at radius 1 is 1.11 bits per heavy atom. The van der Waals surface area contributed by atoms with Gasteiger partial charge in [0.25, 0.3) is 0 Å². The third kappa shape index (κ3) is 4.21. The Morgan fingerprint density at radius 2 is 1.68 bits per heavy atom. The van der Waals surface area contributed by atoms with Gasteiger partial charge < -0.3 is 18.9 Å². The van der Waals surface area contributed by atoms with Crippen LogP contribution in [0.15, 0.2) is 18.2 Å². The van der Waals surface area contributed by atoms with Gasteiger partial charge in [-0.25, -0.2) is 0 Å². The molecule has 0 aliphatic rings. The second-order valence-corrected chi connectivity index (χ2v) is 3.66. The highest BCUT2D eigenvalue weighted by molar-refractivity contribution is 5.66. The normalized spacial score (nSPS) is 10.3. The summed E-state index contributed by atoms with van der Waals surface area (Å²) in [6.45, 7) is 1.60. The number of hydrogen-bond donors (Lipinski definition) is 0. The van der Waals surface area contributed by atoms with Crippen molar-refractivity contribution in [3.63, 3.8) is 0 Å². The fourth-order valence-corrected chi connectivity index (χ4v) is 1.55. The summed E-state index contributed by atoms with van der Waals surface area (Å²) in [4.78, 5) is 10.6. The number of carbonyl (C=O) groups is 1. The van der Waals surface area contributed by atoms with Gasteiger partial charge in [-0.15, -0.1) is 0 Å². The molecule has 0 unspecified atom stereocenters. The lowest BCUT2D eigenvalue weighted by Gasteiger charge is -2.12. The van der Waals surface area contributed by atoms with Crippen LogP contribution in [0.1, 0.15) is 12.5 Å². The van der Waals surface area contributed by atoms with Gasteiger partial charge in [0.05, 0.1) is 21.3 Å². The van der Waals surface area contributed by atoms with E-state index in [0.717, 1.165) is 5.56 Å². The van der Waals surface area contributed by atoms with E-state index in [1.54, 1.807) is 27.4 Å².